The Kier molecular flexibility index (Phi) is 2.20. The summed E-state index contributed by atoms with van der Waals surface area (Å²) in [4.78, 5) is 0. The molecule has 0 atom stereocenters. The molecule has 0 bridgehead atoms. The lowest BCUT2D eigenvalue weighted by atomic mass is 10.3. The van der Waals surface area contributed by atoms with Gasteiger partial charge in [0.05, 0.1) is 0 Å². The molecule has 2 heteroatoms. The lowest BCUT2D eigenvalue weighted by molar-refractivity contribution is 0.629. The summed E-state index contributed by atoms with van der Waals surface area (Å²) in [5.41, 5.74) is 5.90. The summed E-state index contributed by atoms with van der Waals surface area (Å²) >= 11 is 0. The van der Waals surface area contributed by atoms with Crippen molar-refractivity contribution in [3.63, 3.8) is 0 Å². The van der Waals surface area contributed by atoms with E-state index < -0.39 is 0 Å². The Morgan fingerprint density at radius 2 is 2.25 bits per heavy atom. The third-order valence-corrected chi connectivity index (χ3v) is 0.965. The van der Waals surface area contributed by atoms with Crippen molar-refractivity contribution < 1.29 is 0 Å². The Labute approximate surface area is 49.2 Å². The number of hydrogen-bond donors (Lipinski definition) is 2. The van der Waals surface area contributed by atoms with Crippen molar-refractivity contribution in [1.29, 1.82) is 0 Å². The zero-order valence-electron chi connectivity index (χ0n) is 4.72. The average molecular weight is 110 g/mol. The van der Waals surface area contributed by atoms with E-state index in [1.807, 2.05) is 18.4 Å². The Bertz CT molecular complexity index is 91.1. The van der Waals surface area contributed by atoms with Crippen LogP contribution in [0.15, 0.2) is 24.4 Å². The molecular weight excluding hydrogens is 100 g/mol. The molecule has 8 heavy (non-hydrogen) atoms. The molecule has 1 aliphatic rings. The van der Waals surface area contributed by atoms with Crippen molar-refractivity contribution in [3.8, 4) is 0 Å². The molecule has 44 valence electrons. The predicted octanol–water partition coefficient (Wildman–Crippen LogP) is 0.554. The summed E-state index contributed by atoms with van der Waals surface area (Å²) < 4.78 is 0. The lowest BCUT2D eigenvalue weighted by Gasteiger charge is -2.01. The highest BCUT2D eigenvalue weighted by atomic mass is 15.3. The third kappa shape index (κ3) is 1.80. The molecule has 0 radical (unpaired) electrons. The normalized spacial score (nSPS) is 19.0. The molecule has 0 aliphatic carbocycles. The number of hydrogen-bond acceptors (Lipinski definition) is 2. The Hall–Kier alpha value is -0.760. The smallest absolute Gasteiger partial charge is 0.0182 e. The van der Waals surface area contributed by atoms with E-state index in [9.17, 15) is 0 Å². The van der Waals surface area contributed by atoms with Crippen molar-refractivity contribution >= 4 is 0 Å². The van der Waals surface area contributed by atoms with Crippen LogP contribution in [0.1, 0.15) is 6.42 Å². The number of rotatable bonds is 0. The SMILES string of the molecule is C1=CCCNNC=C1. The van der Waals surface area contributed by atoms with Crippen LogP contribution in [-0.4, -0.2) is 6.54 Å². The van der Waals surface area contributed by atoms with Gasteiger partial charge in [-0.2, -0.15) is 0 Å². The summed E-state index contributed by atoms with van der Waals surface area (Å²) in [5.74, 6) is 0. The molecule has 0 aromatic rings. The second-order valence-electron chi connectivity index (χ2n) is 1.65. The van der Waals surface area contributed by atoms with Crippen molar-refractivity contribution in [2.45, 2.75) is 6.42 Å². The van der Waals surface area contributed by atoms with E-state index in [2.05, 4.69) is 16.9 Å². The minimum absolute atomic E-state index is 1.00. The zero-order chi connectivity index (χ0) is 5.66. The molecule has 0 amide bonds. The molecule has 1 rings (SSSR count). The van der Waals surface area contributed by atoms with Gasteiger partial charge < -0.3 is 5.43 Å². The highest BCUT2D eigenvalue weighted by molar-refractivity contribution is 5.02. The molecule has 0 saturated carbocycles. The fraction of sp³-hybridized carbons (Fsp3) is 0.333. The van der Waals surface area contributed by atoms with Crippen LogP contribution in [0.2, 0.25) is 0 Å². The average Bonchev–Trinajstić information content (AvgIpc) is 1.62. The molecule has 0 fully saturated rings. The topological polar surface area (TPSA) is 24.1 Å². The number of nitrogens with one attached hydrogen (secondary N) is 2. The number of hydrazine groups is 1. The van der Waals surface area contributed by atoms with Gasteiger partial charge in [-0.1, -0.05) is 12.2 Å². The van der Waals surface area contributed by atoms with Gasteiger partial charge in [0.25, 0.3) is 0 Å². The van der Waals surface area contributed by atoms with Crippen molar-refractivity contribution in [2.24, 2.45) is 0 Å². The third-order valence-electron chi connectivity index (χ3n) is 0.965. The van der Waals surface area contributed by atoms with Crippen LogP contribution in [0.25, 0.3) is 0 Å². The molecule has 1 heterocycles. The van der Waals surface area contributed by atoms with Gasteiger partial charge in [-0.15, -0.1) is 0 Å². The van der Waals surface area contributed by atoms with Gasteiger partial charge in [0.2, 0.25) is 0 Å². The van der Waals surface area contributed by atoms with E-state index in [1.54, 1.807) is 0 Å². The van der Waals surface area contributed by atoms with Crippen LogP contribution in [0.3, 0.4) is 0 Å². The largest absolute Gasteiger partial charge is 0.329 e. The maximum atomic E-state index is 3.00. The molecule has 2 N–H and O–H groups in total. The second kappa shape index (κ2) is 3.27. The quantitative estimate of drug-likeness (QED) is 0.476. The van der Waals surface area contributed by atoms with Crippen LogP contribution < -0.4 is 10.9 Å². The standard InChI is InChI=1S/C6H10N2/c1-2-4-6-8-7-5-3-1/h1-3,5,7-8H,4,6H2. The van der Waals surface area contributed by atoms with E-state index in [-0.39, 0.29) is 0 Å². The van der Waals surface area contributed by atoms with Crippen molar-refractivity contribution in [2.75, 3.05) is 6.54 Å². The van der Waals surface area contributed by atoms with Crippen LogP contribution in [0, 0.1) is 0 Å². The Morgan fingerprint density at radius 1 is 1.25 bits per heavy atom. The molecule has 0 saturated heterocycles. The zero-order valence-corrected chi connectivity index (χ0v) is 4.72. The van der Waals surface area contributed by atoms with Gasteiger partial charge in [0.1, 0.15) is 0 Å². The predicted molar refractivity (Wildman–Crippen MR) is 34.0 cm³/mol. The van der Waals surface area contributed by atoms with E-state index in [1.165, 1.54) is 0 Å². The van der Waals surface area contributed by atoms with E-state index in [4.69, 9.17) is 0 Å². The summed E-state index contributed by atoms with van der Waals surface area (Å²) in [7, 11) is 0. The first kappa shape index (κ1) is 5.38. The van der Waals surface area contributed by atoms with Gasteiger partial charge in [0, 0.05) is 12.7 Å². The maximum Gasteiger partial charge on any atom is 0.0182 e. The highest BCUT2D eigenvalue weighted by Crippen LogP contribution is 1.82. The molecular formula is C6H10N2. The van der Waals surface area contributed by atoms with Gasteiger partial charge >= 0.3 is 0 Å². The van der Waals surface area contributed by atoms with Crippen LogP contribution in [0.4, 0.5) is 0 Å². The summed E-state index contributed by atoms with van der Waals surface area (Å²) in [6.07, 6.45) is 9.09. The fourth-order valence-electron chi connectivity index (χ4n) is 0.565. The highest BCUT2D eigenvalue weighted by Gasteiger charge is 1.79. The van der Waals surface area contributed by atoms with Gasteiger partial charge in [-0.25, -0.2) is 5.43 Å². The van der Waals surface area contributed by atoms with Gasteiger partial charge in [0.15, 0.2) is 0 Å². The second-order valence-corrected chi connectivity index (χ2v) is 1.65. The first-order valence-electron chi connectivity index (χ1n) is 2.80. The van der Waals surface area contributed by atoms with Crippen LogP contribution in [0.5, 0.6) is 0 Å². The molecule has 0 aromatic carbocycles. The molecule has 0 aromatic heterocycles. The van der Waals surface area contributed by atoms with Gasteiger partial charge in [-0.05, 0) is 12.5 Å². The minimum Gasteiger partial charge on any atom is -0.329 e. The molecule has 2 nitrogen and oxygen atoms in total. The van der Waals surface area contributed by atoms with Gasteiger partial charge in [-0.3, -0.25) is 0 Å². The first-order chi connectivity index (χ1) is 4.00. The van der Waals surface area contributed by atoms with Crippen LogP contribution >= 0.6 is 0 Å². The Morgan fingerprint density at radius 3 is 3.25 bits per heavy atom. The molecule has 0 spiro atoms. The Balaban J connectivity index is 2.33. The fourth-order valence-corrected chi connectivity index (χ4v) is 0.565. The van der Waals surface area contributed by atoms with E-state index >= 15 is 0 Å². The molecule has 0 unspecified atom stereocenters. The van der Waals surface area contributed by atoms with Crippen molar-refractivity contribution in [3.05, 3.63) is 24.4 Å². The van der Waals surface area contributed by atoms with E-state index in [0.29, 0.717) is 0 Å². The monoisotopic (exact) mass is 110 g/mol. The molecule has 1 aliphatic heterocycles. The summed E-state index contributed by atoms with van der Waals surface area (Å²) in [5, 5.41) is 0. The summed E-state index contributed by atoms with van der Waals surface area (Å²) in [6, 6.07) is 0. The van der Waals surface area contributed by atoms with Crippen molar-refractivity contribution in [1.82, 2.24) is 10.9 Å². The summed E-state index contributed by atoms with van der Waals surface area (Å²) in [6.45, 7) is 1.00. The minimum atomic E-state index is 1.00. The maximum absolute atomic E-state index is 3.00. The lowest BCUT2D eigenvalue weighted by Crippen LogP contribution is -2.27. The number of allylic oxidation sites excluding steroid dienone is 2. The first-order valence-corrected chi connectivity index (χ1v) is 2.80. The van der Waals surface area contributed by atoms with E-state index in [0.717, 1.165) is 13.0 Å². The van der Waals surface area contributed by atoms with Crippen LogP contribution in [-0.2, 0) is 0 Å².